The zero-order valence-corrected chi connectivity index (χ0v) is 15.3. The maximum Gasteiger partial charge on any atom is 0.259 e. The highest BCUT2D eigenvalue weighted by Gasteiger charge is 2.12. The molecule has 1 amide bonds. The second-order valence-electron chi connectivity index (χ2n) is 5.97. The Kier molecular flexibility index (Phi) is 6.41. The van der Waals surface area contributed by atoms with Crippen molar-refractivity contribution in [3.8, 4) is 5.75 Å². The van der Waals surface area contributed by atoms with Crippen LogP contribution in [0.25, 0.3) is 0 Å². The van der Waals surface area contributed by atoms with Gasteiger partial charge in [0.15, 0.2) is 0 Å². The summed E-state index contributed by atoms with van der Waals surface area (Å²) in [7, 11) is 0. The average molecular weight is 361 g/mol. The molecule has 0 fully saturated rings. The Morgan fingerprint density at radius 3 is 2.52 bits per heavy atom. The molecule has 0 unspecified atom stereocenters. The van der Waals surface area contributed by atoms with Gasteiger partial charge in [0.2, 0.25) is 0 Å². The molecule has 0 atom stereocenters. The third-order valence-corrected chi connectivity index (χ3v) is 4.02. The summed E-state index contributed by atoms with van der Waals surface area (Å²) in [4.78, 5) is 17.0. The Balaban J connectivity index is 1.62. The number of carbonyl (C=O) groups excluding carboxylic acids is 1. The van der Waals surface area contributed by atoms with E-state index in [9.17, 15) is 4.79 Å². The van der Waals surface area contributed by atoms with Crippen LogP contribution in [-0.2, 0) is 6.42 Å². The van der Waals surface area contributed by atoms with Gasteiger partial charge in [-0.1, -0.05) is 30.3 Å². The van der Waals surface area contributed by atoms with E-state index in [0.29, 0.717) is 30.2 Å². The molecular weight excluding hydrogens is 338 g/mol. The molecule has 0 saturated heterocycles. The average Bonchev–Trinajstić information content (AvgIpc) is 2.71. The van der Waals surface area contributed by atoms with Gasteiger partial charge in [-0.15, -0.1) is 0 Å². The SMILES string of the molecule is CCOc1ccc(NC(=O)c2cccnc2NCCc2ccccc2)cc1. The highest BCUT2D eigenvalue weighted by molar-refractivity contribution is 6.07. The van der Waals surface area contributed by atoms with Gasteiger partial charge in [0.05, 0.1) is 12.2 Å². The maximum absolute atomic E-state index is 12.7. The summed E-state index contributed by atoms with van der Waals surface area (Å²) in [5.41, 5.74) is 2.46. The van der Waals surface area contributed by atoms with Crippen molar-refractivity contribution in [2.45, 2.75) is 13.3 Å². The normalized spacial score (nSPS) is 10.3. The quantitative estimate of drug-likeness (QED) is 0.625. The van der Waals surface area contributed by atoms with Crippen molar-refractivity contribution < 1.29 is 9.53 Å². The van der Waals surface area contributed by atoms with Gasteiger partial charge in [-0.25, -0.2) is 4.98 Å². The van der Waals surface area contributed by atoms with Gasteiger partial charge in [-0.05, 0) is 55.3 Å². The van der Waals surface area contributed by atoms with E-state index in [0.717, 1.165) is 12.2 Å². The summed E-state index contributed by atoms with van der Waals surface area (Å²) in [5, 5.41) is 6.16. The number of nitrogens with zero attached hydrogens (tertiary/aromatic N) is 1. The van der Waals surface area contributed by atoms with Gasteiger partial charge in [0.25, 0.3) is 5.91 Å². The summed E-state index contributed by atoms with van der Waals surface area (Å²) in [6.07, 6.45) is 2.54. The molecule has 3 rings (SSSR count). The number of ether oxygens (including phenoxy) is 1. The molecule has 27 heavy (non-hydrogen) atoms. The first-order valence-corrected chi connectivity index (χ1v) is 9.03. The predicted octanol–water partition coefficient (Wildman–Crippen LogP) is 4.39. The van der Waals surface area contributed by atoms with Crippen LogP contribution in [0.5, 0.6) is 5.75 Å². The van der Waals surface area contributed by atoms with Crippen LogP contribution in [0.1, 0.15) is 22.8 Å². The summed E-state index contributed by atoms with van der Waals surface area (Å²) in [6, 6.07) is 21.0. The Morgan fingerprint density at radius 2 is 1.78 bits per heavy atom. The second-order valence-corrected chi connectivity index (χ2v) is 5.97. The fourth-order valence-electron chi connectivity index (χ4n) is 2.70. The van der Waals surface area contributed by atoms with Gasteiger partial charge in [-0.3, -0.25) is 4.79 Å². The van der Waals surface area contributed by atoms with E-state index in [2.05, 4.69) is 27.8 Å². The lowest BCUT2D eigenvalue weighted by Crippen LogP contribution is -2.16. The molecule has 0 aliphatic heterocycles. The van der Waals surface area contributed by atoms with Crippen molar-refractivity contribution in [1.82, 2.24) is 4.98 Å². The van der Waals surface area contributed by atoms with Crippen molar-refractivity contribution in [3.63, 3.8) is 0 Å². The number of hydrogen-bond acceptors (Lipinski definition) is 4. The first kappa shape index (κ1) is 18.5. The summed E-state index contributed by atoms with van der Waals surface area (Å²) in [5.74, 6) is 1.16. The molecule has 0 aliphatic rings. The number of anilines is 2. The largest absolute Gasteiger partial charge is 0.494 e. The third-order valence-electron chi connectivity index (χ3n) is 4.02. The number of amides is 1. The van der Waals surface area contributed by atoms with E-state index in [1.165, 1.54) is 5.56 Å². The lowest BCUT2D eigenvalue weighted by Gasteiger charge is -2.12. The van der Waals surface area contributed by atoms with Gasteiger partial charge >= 0.3 is 0 Å². The first-order chi connectivity index (χ1) is 13.3. The number of rotatable bonds is 8. The topological polar surface area (TPSA) is 63.2 Å². The first-order valence-electron chi connectivity index (χ1n) is 9.03. The number of benzene rings is 2. The molecule has 5 nitrogen and oxygen atoms in total. The molecule has 138 valence electrons. The van der Waals surface area contributed by atoms with Crippen LogP contribution < -0.4 is 15.4 Å². The number of nitrogens with one attached hydrogen (secondary N) is 2. The van der Waals surface area contributed by atoms with E-state index in [4.69, 9.17) is 4.74 Å². The Labute approximate surface area is 159 Å². The Hall–Kier alpha value is -3.34. The van der Waals surface area contributed by atoms with E-state index >= 15 is 0 Å². The molecule has 2 aromatic carbocycles. The van der Waals surface area contributed by atoms with Crippen LogP contribution in [-0.4, -0.2) is 24.0 Å². The van der Waals surface area contributed by atoms with Crippen molar-refractivity contribution >= 4 is 17.4 Å². The summed E-state index contributed by atoms with van der Waals surface area (Å²) >= 11 is 0. The van der Waals surface area contributed by atoms with Crippen molar-refractivity contribution in [3.05, 3.63) is 84.1 Å². The third kappa shape index (κ3) is 5.31. The van der Waals surface area contributed by atoms with Crippen LogP contribution in [0.4, 0.5) is 11.5 Å². The molecule has 0 aliphatic carbocycles. The highest BCUT2D eigenvalue weighted by Crippen LogP contribution is 2.18. The van der Waals surface area contributed by atoms with Crippen molar-refractivity contribution in [1.29, 1.82) is 0 Å². The molecule has 0 spiro atoms. The molecule has 3 aromatic rings. The zero-order valence-electron chi connectivity index (χ0n) is 15.3. The van der Waals surface area contributed by atoms with Gasteiger partial charge in [-0.2, -0.15) is 0 Å². The van der Waals surface area contributed by atoms with E-state index < -0.39 is 0 Å². The molecule has 5 heteroatoms. The van der Waals surface area contributed by atoms with Crippen molar-refractivity contribution in [2.24, 2.45) is 0 Å². The minimum atomic E-state index is -0.200. The lowest BCUT2D eigenvalue weighted by atomic mass is 10.1. The Morgan fingerprint density at radius 1 is 1.00 bits per heavy atom. The minimum Gasteiger partial charge on any atom is -0.494 e. The van der Waals surface area contributed by atoms with Gasteiger partial charge in [0, 0.05) is 18.4 Å². The van der Waals surface area contributed by atoms with Gasteiger partial charge in [0.1, 0.15) is 11.6 Å². The maximum atomic E-state index is 12.7. The molecule has 0 bridgehead atoms. The number of carbonyl (C=O) groups is 1. The molecule has 1 aromatic heterocycles. The van der Waals surface area contributed by atoms with E-state index in [-0.39, 0.29) is 5.91 Å². The number of aromatic nitrogens is 1. The van der Waals surface area contributed by atoms with Crippen molar-refractivity contribution in [2.75, 3.05) is 23.8 Å². The summed E-state index contributed by atoms with van der Waals surface area (Å²) in [6.45, 7) is 3.24. The molecule has 2 N–H and O–H groups in total. The highest BCUT2D eigenvalue weighted by atomic mass is 16.5. The van der Waals surface area contributed by atoms with Crippen LogP contribution in [0, 0.1) is 0 Å². The molecule has 1 heterocycles. The van der Waals surface area contributed by atoms with Crippen LogP contribution in [0.15, 0.2) is 72.9 Å². The molecule has 0 saturated carbocycles. The molecule has 0 radical (unpaired) electrons. The number of hydrogen-bond donors (Lipinski definition) is 2. The van der Waals surface area contributed by atoms with Crippen LogP contribution in [0.3, 0.4) is 0 Å². The monoisotopic (exact) mass is 361 g/mol. The second kappa shape index (κ2) is 9.38. The number of pyridine rings is 1. The van der Waals surface area contributed by atoms with Crippen LogP contribution in [0.2, 0.25) is 0 Å². The molecular formula is C22H23N3O2. The van der Waals surface area contributed by atoms with Crippen LogP contribution >= 0.6 is 0 Å². The Bertz CT molecular complexity index is 864. The minimum absolute atomic E-state index is 0.200. The standard InChI is InChI=1S/C22H23N3O2/c1-2-27-19-12-10-18(11-13-19)25-22(26)20-9-6-15-23-21(20)24-16-14-17-7-4-3-5-8-17/h3-13,15H,2,14,16H2,1H3,(H,23,24)(H,25,26). The lowest BCUT2D eigenvalue weighted by molar-refractivity contribution is 0.102. The van der Waals surface area contributed by atoms with E-state index in [1.807, 2.05) is 49.4 Å². The fourth-order valence-corrected chi connectivity index (χ4v) is 2.70. The zero-order chi connectivity index (χ0) is 18.9. The fraction of sp³-hybridized carbons (Fsp3) is 0.182. The van der Waals surface area contributed by atoms with E-state index in [1.54, 1.807) is 18.3 Å². The smallest absolute Gasteiger partial charge is 0.259 e. The van der Waals surface area contributed by atoms with Gasteiger partial charge < -0.3 is 15.4 Å². The predicted molar refractivity (Wildman–Crippen MR) is 108 cm³/mol. The summed E-state index contributed by atoms with van der Waals surface area (Å²) < 4.78 is 5.42.